The highest BCUT2D eigenvalue weighted by molar-refractivity contribution is 5.80. The average Bonchev–Trinajstić information content (AvgIpc) is 3.11. The van der Waals surface area contributed by atoms with E-state index in [2.05, 4.69) is 30.3 Å². The number of nitrogens with zero attached hydrogens (tertiary/aromatic N) is 2. The van der Waals surface area contributed by atoms with Crippen LogP contribution in [0.4, 0.5) is 0 Å². The van der Waals surface area contributed by atoms with Gasteiger partial charge in [-0.15, -0.1) is 0 Å². The van der Waals surface area contributed by atoms with Gasteiger partial charge in [-0.1, -0.05) is 19.1 Å². The van der Waals surface area contributed by atoms with Crippen LogP contribution in [0.3, 0.4) is 0 Å². The van der Waals surface area contributed by atoms with Crippen molar-refractivity contribution in [3.63, 3.8) is 0 Å². The summed E-state index contributed by atoms with van der Waals surface area (Å²) in [6.07, 6.45) is 5.12. The van der Waals surface area contributed by atoms with Gasteiger partial charge in [0.25, 0.3) is 0 Å². The molecule has 5 nitrogen and oxygen atoms in total. The van der Waals surface area contributed by atoms with Crippen LogP contribution >= 0.6 is 0 Å². The molecule has 3 rings (SSSR count). The Kier molecular flexibility index (Phi) is 4.11. The molecule has 0 spiro atoms. The van der Waals surface area contributed by atoms with Crippen LogP contribution in [0.5, 0.6) is 5.75 Å². The van der Waals surface area contributed by atoms with E-state index >= 15 is 0 Å². The van der Waals surface area contributed by atoms with Crippen LogP contribution in [-0.2, 0) is 17.8 Å². The molecule has 1 aromatic carbocycles. The summed E-state index contributed by atoms with van der Waals surface area (Å²) < 4.78 is 7.58. The van der Waals surface area contributed by atoms with Crippen LogP contribution in [0.1, 0.15) is 44.4 Å². The number of fused-ring (bicyclic) bond motifs is 1. The number of benzene rings is 1. The summed E-state index contributed by atoms with van der Waals surface area (Å²) in [5.41, 5.74) is 2.16. The molecular weight excluding hydrogens is 290 g/mol. The molecule has 2 aromatic rings. The van der Waals surface area contributed by atoms with Crippen molar-refractivity contribution in [3.8, 4) is 5.75 Å². The lowest BCUT2D eigenvalue weighted by Crippen LogP contribution is -2.32. The Morgan fingerprint density at radius 2 is 2.30 bits per heavy atom. The van der Waals surface area contributed by atoms with E-state index in [1.54, 1.807) is 10.9 Å². The van der Waals surface area contributed by atoms with Gasteiger partial charge >= 0.3 is 0 Å². The van der Waals surface area contributed by atoms with E-state index in [0.29, 0.717) is 13.0 Å². The number of ether oxygens (including phenoxy) is 1. The highest BCUT2D eigenvalue weighted by Crippen LogP contribution is 2.35. The monoisotopic (exact) mass is 313 g/mol. The molecule has 1 aliphatic rings. The van der Waals surface area contributed by atoms with Crippen molar-refractivity contribution < 1.29 is 9.53 Å². The number of hydrogen-bond donors (Lipinski definition) is 1. The molecular formula is C18H23N3O2. The van der Waals surface area contributed by atoms with Crippen molar-refractivity contribution in [3.05, 3.63) is 47.8 Å². The number of nitrogens with one attached hydrogen (secondary N) is 1. The van der Waals surface area contributed by atoms with Gasteiger partial charge < -0.3 is 10.1 Å². The van der Waals surface area contributed by atoms with Crippen LogP contribution < -0.4 is 10.1 Å². The minimum Gasteiger partial charge on any atom is -0.487 e. The van der Waals surface area contributed by atoms with Gasteiger partial charge in [0.2, 0.25) is 5.91 Å². The molecule has 0 unspecified atom stereocenters. The molecule has 2 heterocycles. The molecule has 122 valence electrons. The summed E-state index contributed by atoms with van der Waals surface area (Å²) in [5, 5.41) is 7.18. The predicted octanol–water partition coefficient (Wildman–Crippen LogP) is 2.86. The van der Waals surface area contributed by atoms with Gasteiger partial charge in [0.15, 0.2) is 0 Å². The topological polar surface area (TPSA) is 56.1 Å². The molecule has 1 aromatic heterocycles. The van der Waals surface area contributed by atoms with Crippen LogP contribution in [0, 0.1) is 0 Å². The highest BCUT2D eigenvalue weighted by atomic mass is 16.5. The summed E-state index contributed by atoms with van der Waals surface area (Å²) in [5.74, 6) is 0.946. The molecule has 0 fully saturated rings. The average molecular weight is 313 g/mol. The molecule has 23 heavy (non-hydrogen) atoms. The number of rotatable bonds is 5. The van der Waals surface area contributed by atoms with E-state index in [0.717, 1.165) is 17.7 Å². The minimum atomic E-state index is -0.262. The number of carbonyl (C=O) groups is 1. The summed E-state index contributed by atoms with van der Waals surface area (Å²) in [6, 6.07) is 7.70. The fraction of sp³-hybridized carbons (Fsp3) is 0.444. The summed E-state index contributed by atoms with van der Waals surface area (Å²) in [7, 11) is 0. The number of amides is 1. The van der Waals surface area contributed by atoms with Gasteiger partial charge in [-0.05, 0) is 43.5 Å². The number of carbonyl (C=O) groups excluding carboxylic acids is 1. The third kappa shape index (κ3) is 3.38. The van der Waals surface area contributed by atoms with E-state index in [-0.39, 0.29) is 17.6 Å². The fourth-order valence-electron chi connectivity index (χ4n) is 3.04. The maximum atomic E-state index is 12.4. The first-order chi connectivity index (χ1) is 11.0. The number of aromatic nitrogens is 2. The van der Waals surface area contributed by atoms with Crippen molar-refractivity contribution in [1.29, 1.82) is 0 Å². The predicted molar refractivity (Wildman–Crippen MR) is 88.3 cm³/mol. The molecule has 1 amide bonds. The zero-order valence-electron chi connectivity index (χ0n) is 13.9. The van der Waals surface area contributed by atoms with Gasteiger partial charge in [0.1, 0.15) is 17.4 Å². The fourth-order valence-corrected chi connectivity index (χ4v) is 3.04. The lowest BCUT2D eigenvalue weighted by Gasteiger charge is -2.16. The Balaban J connectivity index is 1.64. The maximum Gasteiger partial charge on any atom is 0.245 e. The van der Waals surface area contributed by atoms with Crippen molar-refractivity contribution in [1.82, 2.24) is 15.1 Å². The lowest BCUT2D eigenvalue weighted by molar-refractivity contribution is -0.124. The van der Waals surface area contributed by atoms with E-state index < -0.39 is 0 Å². The SMILES string of the molecule is CC[C@H](C(=O)NCc1ccc2c(c1)CC(C)(C)O2)n1cccn1. The molecule has 0 bridgehead atoms. The number of hydrogen-bond acceptors (Lipinski definition) is 3. The summed E-state index contributed by atoms with van der Waals surface area (Å²) in [6.45, 7) is 6.68. The zero-order valence-corrected chi connectivity index (χ0v) is 13.9. The van der Waals surface area contributed by atoms with Crippen LogP contribution in [0.2, 0.25) is 0 Å². The van der Waals surface area contributed by atoms with Crippen LogP contribution in [0.15, 0.2) is 36.7 Å². The van der Waals surface area contributed by atoms with Crippen LogP contribution in [0.25, 0.3) is 0 Å². The van der Waals surface area contributed by atoms with E-state index in [1.807, 2.05) is 31.3 Å². The lowest BCUT2D eigenvalue weighted by atomic mass is 10.0. The first-order valence-corrected chi connectivity index (χ1v) is 8.06. The van der Waals surface area contributed by atoms with E-state index in [4.69, 9.17) is 4.74 Å². The van der Waals surface area contributed by atoms with E-state index in [9.17, 15) is 4.79 Å². The van der Waals surface area contributed by atoms with Gasteiger partial charge in [0.05, 0.1) is 0 Å². The Morgan fingerprint density at radius 1 is 1.48 bits per heavy atom. The molecule has 1 aliphatic heterocycles. The van der Waals surface area contributed by atoms with Gasteiger partial charge in [0, 0.05) is 25.4 Å². The normalized spacial score (nSPS) is 16.5. The Labute approximate surface area is 136 Å². The minimum absolute atomic E-state index is 0.00622. The second kappa shape index (κ2) is 6.07. The summed E-state index contributed by atoms with van der Waals surface area (Å²) >= 11 is 0. The van der Waals surface area contributed by atoms with Crippen molar-refractivity contribution in [2.75, 3.05) is 0 Å². The van der Waals surface area contributed by atoms with Crippen LogP contribution in [-0.4, -0.2) is 21.3 Å². The van der Waals surface area contributed by atoms with Crippen molar-refractivity contribution in [2.45, 2.75) is 51.8 Å². The third-order valence-corrected chi connectivity index (χ3v) is 4.13. The highest BCUT2D eigenvalue weighted by Gasteiger charge is 2.29. The van der Waals surface area contributed by atoms with E-state index in [1.165, 1.54) is 5.56 Å². The Morgan fingerprint density at radius 3 is 3.00 bits per heavy atom. The molecule has 1 N–H and O–H groups in total. The Hall–Kier alpha value is -2.30. The molecule has 0 saturated carbocycles. The van der Waals surface area contributed by atoms with Crippen molar-refractivity contribution in [2.24, 2.45) is 0 Å². The smallest absolute Gasteiger partial charge is 0.245 e. The zero-order chi connectivity index (χ0) is 16.4. The van der Waals surface area contributed by atoms with Gasteiger partial charge in [-0.2, -0.15) is 5.10 Å². The maximum absolute atomic E-state index is 12.4. The van der Waals surface area contributed by atoms with Gasteiger partial charge in [-0.25, -0.2) is 0 Å². The first-order valence-electron chi connectivity index (χ1n) is 8.06. The molecule has 0 radical (unpaired) electrons. The second-order valence-electron chi connectivity index (χ2n) is 6.61. The standard InChI is InChI=1S/C18H23N3O2/c1-4-15(21-9-5-8-20-21)17(22)19-12-13-6-7-16-14(10-13)11-18(2,3)23-16/h5-10,15H,4,11-12H2,1-3H3,(H,19,22)/t15-/m1/s1. The largest absolute Gasteiger partial charge is 0.487 e. The molecule has 0 saturated heterocycles. The molecule has 1 atom stereocenters. The first kappa shape index (κ1) is 15.6. The molecule has 5 heteroatoms. The third-order valence-electron chi connectivity index (χ3n) is 4.13. The Bertz CT molecular complexity index is 692. The quantitative estimate of drug-likeness (QED) is 0.923. The van der Waals surface area contributed by atoms with Crippen molar-refractivity contribution >= 4 is 5.91 Å². The molecule has 0 aliphatic carbocycles. The van der Waals surface area contributed by atoms with Gasteiger partial charge in [-0.3, -0.25) is 9.48 Å². The summed E-state index contributed by atoms with van der Waals surface area (Å²) in [4.78, 5) is 12.4. The second-order valence-corrected chi connectivity index (χ2v) is 6.61.